The Bertz CT molecular complexity index is 803. The van der Waals surface area contributed by atoms with Gasteiger partial charge in [0.1, 0.15) is 5.75 Å². The lowest BCUT2D eigenvalue weighted by molar-refractivity contribution is 0.0943. The number of hydrogen-bond donors (Lipinski definition) is 3. The zero-order valence-electron chi connectivity index (χ0n) is 15.4. The highest BCUT2D eigenvalue weighted by Crippen LogP contribution is 2.38. The minimum atomic E-state index is -0.432. The lowest BCUT2D eigenvalue weighted by atomic mass is 10.1. The molecule has 0 saturated heterocycles. The molecule has 0 saturated carbocycles. The van der Waals surface area contributed by atoms with Gasteiger partial charge in [0, 0.05) is 5.56 Å². The fraction of sp³-hybridized carbons (Fsp3) is 0.222. The molecule has 0 aliphatic heterocycles. The SMILES string of the molecule is COc1ccccc1NC(=S)NNC(=O)c1cc(OC)c(OC)c(OC)c1. The molecule has 2 aromatic rings. The predicted octanol–water partition coefficient (Wildman–Crippen LogP) is 2.35. The van der Waals surface area contributed by atoms with Crippen molar-refractivity contribution in [1.82, 2.24) is 10.9 Å². The second-order valence-electron chi connectivity index (χ2n) is 5.15. The van der Waals surface area contributed by atoms with Crippen LogP contribution in [0, 0.1) is 0 Å². The van der Waals surface area contributed by atoms with E-state index >= 15 is 0 Å². The average molecular weight is 391 g/mol. The molecular weight excluding hydrogens is 370 g/mol. The number of methoxy groups -OCH3 is 4. The number of thiocarbonyl (C=S) groups is 1. The third-order valence-electron chi connectivity index (χ3n) is 3.57. The standard InChI is InChI=1S/C18H21N3O5S/c1-23-13-8-6-5-7-12(13)19-18(27)21-20-17(22)11-9-14(24-2)16(26-4)15(10-11)25-3/h5-10H,1-4H3,(H,20,22)(H2,19,21,27). The zero-order chi connectivity index (χ0) is 19.8. The monoisotopic (exact) mass is 391 g/mol. The molecule has 2 rings (SSSR count). The number of rotatable bonds is 6. The maximum Gasteiger partial charge on any atom is 0.269 e. The Labute approximate surface area is 162 Å². The number of benzene rings is 2. The zero-order valence-corrected chi connectivity index (χ0v) is 16.2. The lowest BCUT2D eigenvalue weighted by Crippen LogP contribution is -2.43. The Morgan fingerprint density at radius 3 is 2.00 bits per heavy atom. The van der Waals surface area contributed by atoms with E-state index in [0.717, 1.165) is 0 Å². The second kappa shape index (κ2) is 9.48. The highest BCUT2D eigenvalue weighted by atomic mass is 32.1. The van der Waals surface area contributed by atoms with Crippen molar-refractivity contribution in [2.24, 2.45) is 0 Å². The van der Waals surface area contributed by atoms with Gasteiger partial charge in [-0.2, -0.15) is 0 Å². The predicted molar refractivity (Wildman–Crippen MR) is 106 cm³/mol. The molecule has 0 fully saturated rings. The summed E-state index contributed by atoms with van der Waals surface area (Å²) in [4.78, 5) is 12.4. The molecule has 2 aromatic carbocycles. The Kier molecular flexibility index (Phi) is 7.07. The van der Waals surface area contributed by atoms with Crippen LogP contribution in [-0.4, -0.2) is 39.5 Å². The third kappa shape index (κ3) is 4.91. The second-order valence-corrected chi connectivity index (χ2v) is 5.56. The summed E-state index contributed by atoms with van der Waals surface area (Å²) in [6.07, 6.45) is 0. The van der Waals surface area contributed by atoms with Crippen molar-refractivity contribution in [3.05, 3.63) is 42.0 Å². The van der Waals surface area contributed by atoms with Crippen molar-refractivity contribution in [1.29, 1.82) is 0 Å². The van der Waals surface area contributed by atoms with Gasteiger partial charge in [-0.15, -0.1) is 0 Å². The van der Waals surface area contributed by atoms with Crippen molar-refractivity contribution in [3.63, 3.8) is 0 Å². The number of nitrogens with one attached hydrogen (secondary N) is 3. The molecule has 0 unspecified atom stereocenters. The van der Waals surface area contributed by atoms with Crippen LogP contribution in [0.5, 0.6) is 23.0 Å². The van der Waals surface area contributed by atoms with E-state index in [1.165, 1.54) is 33.5 Å². The maximum atomic E-state index is 12.4. The van der Waals surface area contributed by atoms with Gasteiger partial charge in [-0.05, 0) is 36.5 Å². The molecule has 0 aromatic heterocycles. The number of amides is 1. The molecule has 8 nitrogen and oxygen atoms in total. The van der Waals surface area contributed by atoms with Crippen LogP contribution in [0.2, 0.25) is 0 Å². The van der Waals surface area contributed by atoms with E-state index in [9.17, 15) is 4.79 Å². The first-order valence-electron chi connectivity index (χ1n) is 7.84. The lowest BCUT2D eigenvalue weighted by Gasteiger charge is -2.16. The van der Waals surface area contributed by atoms with E-state index < -0.39 is 5.91 Å². The van der Waals surface area contributed by atoms with Crippen LogP contribution in [0.15, 0.2) is 36.4 Å². The summed E-state index contributed by atoms with van der Waals surface area (Å²) in [6.45, 7) is 0. The fourth-order valence-corrected chi connectivity index (χ4v) is 2.46. The van der Waals surface area contributed by atoms with Crippen LogP contribution in [0.25, 0.3) is 0 Å². The molecule has 0 radical (unpaired) electrons. The number of carbonyl (C=O) groups excluding carboxylic acids is 1. The van der Waals surface area contributed by atoms with E-state index in [1.54, 1.807) is 19.2 Å². The molecule has 0 heterocycles. The maximum absolute atomic E-state index is 12.4. The molecule has 0 bridgehead atoms. The summed E-state index contributed by atoms with van der Waals surface area (Å²) in [5.74, 6) is 1.34. The van der Waals surface area contributed by atoms with E-state index in [4.69, 9.17) is 31.2 Å². The summed E-state index contributed by atoms with van der Waals surface area (Å²) < 4.78 is 21.0. The highest BCUT2D eigenvalue weighted by molar-refractivity contribution is 7.80. The first-order valence-corrected chi connectivity index (χ1v) is 8.25. The average Bonchev–Trinajstić information content (AvgIpc) is 2.71. The van der Waals surface area contributed by atoms with Gasteiger partial charge >= 0.3 is 0 Å². The normalized spacial score (nSPS) is 9.78. The van der Waals surface area contributed by atoms with E-state index in [0.29, 0.717) is 34.2 Å². The minimum absolute atomic E-state index is 0.195. The van der Waals surface area contributed by atoms with Crippen LogP contribution in [0.3, 0.4) is 0 Å². The molecule has 0 spiro atoms. The number of hydrogen-bond acceptors (Lipinski definition) is 6. The molecule has 0 aliphatic carbocycles. The number of hydrazine groups is 1. The Balaban J connectivity index is 2.06. The van der Waals surface area contributed by atoms with Gasteiger partial charge in [0.2, 0.25) is 5.75 Å². The van der Waals surface area contributed by atoms with Crippen LogP contribution in [-0.2, 0) is 0 Å². The van der Waals surface area contributed by atoms with E-state index in [1.807, 2.05) is 12.1 Å². The summed E-state index contributed by atoms with van der Waals surface area (Å²) >= 11 is 5.19. The molecular formula is C18H21N3O5S. The molecule has 3 N–H and O–H groups in total. The van der Waals surface area contributed by atoms with Crippen LogP contribution in [0.4, 0.5) is 5.69 Å². The molecule has 0 aliphatic rings. The topological polar surface area (TPSA) is 90.1 Å². The smallest absolute Gasteiger partial charge is 0.269 e. The van der Waals surface area contributed by atoms with Crippen LogP contribution >= 0.6 is 12.2 Å². The van der Waals surface area contributed by atoms with Gasteiger partial charge in [0.25, 0.3) is 5.91 Å². The summed E-state index contributed by atoms with van der Waals surface area (Å²) in [5.41, 5.74) is 6.12. The fourth-order valence-electron chi connectivity index (χ4n) is 2.30. The van der Waals surface area contributed by atoms with Crippen molar-refractivity contribution >= 4 is 28.9 Å². The molecule has 0 atom stereocenters. The van der Waals surface area contributed by atoms with Gasteiger partial charge in [-0.25, -0.2) is 0 Å². The first-order chi connectivity index (χ1) is 13.0. The van der Waals surface area contributed by atoms with Gasteiger partial charge in [-0.1, -0.05) is 12.1 Å². The van der Waals surface area contributed by atoms with Crippen molar-refractivity contribution in [2.75, 3.05) is 33.8 Å². The summed E-state index contributed by atoms with van der Waals surface area (Å²) in [7, 11) is 6.00. The highest BCUT2D eigenvalue weighted by Gasteiger charge is 2.17. The molecule has 9 heteroatoms. The number of anilines is 1. The Morgan fingerprint density at radius 1 is 0.852 bits per heavy atom. The van der Waals surface area contributed by atoms with E-state index in [2.05, 4.69) is 16.2 Å². The molecule has 144 valence electrons. The quantitative estimate of drug-likeness (QED) is 0.511. The molecule has 27 heavy (non-hydrogen) atoms. The van der Waals surface area contributed by atoms with Crippen LogP contribution in [0.1, 0.15) is 10.4 Å². The first kappa shape index (κ1) is 20.1. The van der Waals surface area contributed by atoms with E-state index in [-0.39, 0.29) is 5.11 Å². The van der Waals surface area contributed by atoms with Crippen LogP contribution < -0.4 is 35.1 Å². The summed E-state index contributed by atoms with van der Waals surface area (Å²) in [5, 5.41) is 3.14. The third-order valence-corrected chi connectivity index (χ3v) is 3.78. The van der Waals surface area contributed by atoms with Crippen molar-refractivity contribution < 1.29 is 23.7 Å². The van der Waals surface area contributed by atoms with Gasteiger partial charge in [0.15, 0.2) is 16.6 Å². The Morgan fingerprint density at radius 2 is 1.44 bits per heavy atom. The van der Waals surface area contributed by atoms with Gasteiger partial charge in [-0.3, -0.25) is 15.6 Å². The number of para-hydroxylation sites is 2. The van der Waals surface area contributed by atoms with Gasteiger partial charge in [0.05, 0.1) is 34.1 Å². The Hall–Kier alpha value is -3.20. The number of ether oxygens (including phenoxy) is 4. The minimum Gasteiger partial charge on any atom is -0.495 e. The van der Waals surface area contributed by atoms with Gasteiger partial charge < -0.3 is 24.3 Å². The molecule has 1 amide bonds. The summed E-state index contributed by atoms with van der Waals surface area (Å²) in [6, 6.07) is 10.3. The van der Waals surface area contributed by atoms with Crippen molar-refractivity contribution in [2.45, 2.75) is 0 Å². The largest absolute Gasteiger partial charge is 0.495 e. The number of carbonyl (C=O) groups is 1. The van der Waals surface area contributed by atoms with Crippen molar-refractivity contribution in [3.8, 4) is 23.0 Å².